The number of rotatable bonds is 6. The van der Waals surface area contributed by atoms with Crippen LogP contribution in [-0.4, -0.2) is 49.4 Å². The van der Waals surface area contributed by atoms with Crippen LogP contribution in [0.25, 0.3) is 17.0 Å². The molecule has 0 unspecified atom stereocenters. The highest BCUT2D eigenvalue weighted by molar-refractivity contribution is 7.99. The van der Waals surface area contributed by atoms with Crippen molar-refractivity contribution in [2.75, 3.05) is 18.8 Å². The first-order valence-corrected chi connectivity index (χ1v) is 10.7. The molecule has 148 valence electrons. The third-order valence-corrected chi connectivity index (χ3v) is 5.95. The van der Waals surface area contributed by atoms with Crippen LogP contribution in [0.2, 0.25) is 0 Å². The van der Waals surface area contributed by atoms with Gasteiger partial charge in [0.2, 0.25) is 5.91 Å². The Morgan fingerprint density at radius 3 is 2.55 bits per heavy atom. The first-order valence-electron chi connectivity index (χ1n) is 9.75. The summed E-state index contributed by atoms with van der Waals surface area (Å²) in [6.45, 7) is 4.21. The number of hydrogen-bond acceptors (Lipinski definition) is 5. The van der Waals surface area contributed by atoms with Crippen molar-refractivity contribution in [1.29, 1.82) is 0 Å². The van der Waals surface area contributed by atoms with Crippen molar-refractivity contribution >= 4 is 23.2 Å². The molecule has 4 rings (SSSR count). The van der Waals surface area contributed by atoms with Crippen molar-refractivity contribution in [3.05, 3.63) is 66.5 Å². The van der Waals surface area contributed by atoms with Gasteiger partial charge in [0.1, 0.15) is 0 Å². The number of pyridine rings is 1. The maximum absolute atomic E-state index is 12.7. The zero-order valence-electron chi connectivity index (χ0n) is 16.4. The van der Waals surface area contributed by atoms with Crippen molar-refractivity contribution in [2.24, 2.45) is 0 Å². The van der Waals surface area contributed by atoms with Gasteiger partial charge in [0.25, 0.3) is 0 Å². The summed E-state index contributed by atoms with van der Waals surface area (Å²) >= 11 is 1.45. The number of amides is 1. The normalized spacial score (nSPS) is 14.0. The Hall–Kier alpha value is -2.93. The zero-order chi connectivity index (χ0) is 20.1. The van der Waals surface area contributed by atoms with Gasteiger partial charge in [-0.3, -0.25) is 9.78 Å². The zero-order valence-corrected chi connectivity index (χ0v) is 17.2. The molecular formula is C22H23N5OS. The molecule has 0 saturated heterocycles. The fraction of sp³-hybridized carbons (Fsp3) is 0.273. The van der Waals surface area contributed by atoms with Crippen LogP contribution in [0.3, 0.4) is 0 Å². The number of carbonyl (C=O) groups is 1. The third kappa shape index (κ3) is 4.40. The maximum atomic E-state index is 12.7. The smallest absolute Gasteiger partial charge is 0.233 e. The highest BCUT2D eigenvalue weighted by atomic mass is 32.2. The van der Waals surface area contributed by atoms with Gasteiger partial charge in [-0.25, -0.2) is 0 Å². The molecule has 1 aliphatic heterocycles. The minimum Gasteiger partial charge on any atom is -0.338 e. The van der Waals surface area contributed by atoms with E-state index in [1.807, 2.05) is 27.7 Å². The summed E-state index contributed by atoms with van der Waals surface area (Å²) in [6.07, 6.45) is 6.54. The lowest BCUT2D eigenvalue weighted by Crippen LogP contribution is -2.35. The molecule has 1 amide bonds. The Labute approximate surface area is 174 Å². The van der Waals surface area contributed by atoms with Gasteiger partial charge in [-0.1, -0.05) is 48.2 Å². The summed E-state index contributed by atoms with van der Waals surface area (Å²) in [4.78, 5) is 18.7. The van der Waals surface area contributed by atoms with E-state index in [1.54, 1.807) is 12.4 Å². The second-order valence-corrected chi connectivity index (χ2v) is 7.70. The summed E-state index contributed by atoms with van der Waals surface area (Å²) in [5.74, 6) is 1.30. The molecule has 6 nitrogen and oxygen atoms in total. The van der Waals surface area contributed by atoms with Crippen LogP contribution >= 0.6 is 11.8 Å². The standard InChI is InChI=1S/C22H23N5OS/c1-2-27-21(19-8-12-23-13-9-19)24-25-22(27)29-16-20(28)26-14-10-18(11-15-26)17-6-4-3-5-7-17/h3-10,12-13H,2,11,14-16H2,1H3. The van der Waals surface area contributed by atoms with Crippen LogP contribution in [0.4, 0.5) is 0 Å². The van der Waals surface area contributed by atoms with Crippen molar-refractivity contribution in [3.8, 4) is 11.4 Å². The molecule has 1 aromatic carbocycles. The monoisotopic (exact) mass is 405 g/mol. The molecule has 0 aliphatic carbocycles. The van der Waals surface area contributed by atoms with Crippen LogP contribution in [0.1, 0.15) is 18.9 Å². The number of benzene rings is 1. The van der Waals surface area contributed by atoms with Crippen LogP contribution in [0, 0.1) is 0 Å². The molecule has 0 saturated carbocycles. The van der Waals surface area contributed by atoms with Gasteiger partial charge in [0.15, 0.2) is 11.0 Å². The molecule has 2 aromatic heterocycles. The van der Waals surface area contributed by atoms with Gasteiger partial charge in [-0.05, 0) is 36.6 Å². The molecule has 0 radical (unpaired) electrons. The predicted octanol–water partition coefficient (Wildman–Crippen LogP) is 3.77. The average molecular weight is 406 g/mol. The van der Waals surface area contributed by atoms with Crippen molar-refractivity contribution in [1.82, 2.24) is 24.6 Å². The van der Waals surface area contributed by atoms with Crippen LogP contribution in [-0.2, 0) is 11.3 Å². The van der Waals surface area contributed by atoms with Crippen LogP contribution in [0.15, 0.2) is 66.1 Å². The lowest BCUT2D eigenvalue weighted by molar-refractivity contribution is -0.127. The topological polar surface area (TPSA) is 63.9 Å². The van der Waals surface area contributed by atoms with Crippen molar-refractivity contribution < 1.29 is 4.79 Å². The van der Waals surface area contributed by atoms with E-state index in [2.05, 4.69) is 52.4 Å². The minimum absolute atomic E-state index is 0.134. The fourth-order valence-corrected chi connectivity index (χ4v) is 4.33. The van der Waals surface area contributed by atoms with E-state index in [0.29, 0.717) is 12.3 Å². The Morgan fingerprint density at radius 1 is 1.07 bits per heavy atom. The Balaban J connectivity index is 1.38. The van der Waals surface area contributed by atoms with Crippen LogP contribution in [0.5, 0.6) is 0 Å². The van der Waals surface area contributed by atoms with Gasteiger partial charge in [0.05, 0.1) is 5.75 Å². The molecule has 0 atom stereocenters. The van der Waals surface area contributed by atoms with Gasteiger partial charge in [-0.2, -0.15) is 0 Å². The number of carbonyl (C=O) groups excluding carboxylic acids is 1. The minimum atomic E-state index is 0.134. The van der Waals surface area contributed by atoms with Gasteiger partial charge < -0.3 is 9.47 Å². The first kappa shape index (κ1) is 19.4. The molecule has 0 fully saturated rings. The van der Waals surface area contributed by atoms with E-state index >= 15 is 0 Å². The Bertz CT molecular complexity index is 1000. The highest BCUT2D eigenvalue weighted by Gasteiger charge is 2.20. The van der Waals surface area contributed by atoms with E-state index in [9.17, 15) is 4.79 Å². The second kappa shape index (κ2) is 9.05. The second-order valence-electron chi connectivity index (χ2n) is 6.76. The molecule has 3 aromatic rings. The van der Waals surface area contributed by atoms with Gasteiger partial charge in [-0.15, -0.1) is 10.2 Å². The van der Waals surface area contributed by atoms with E-state index in [1.165, 1.54) is 22.9 Å². The molecule has 0 bridgehead atoms. The highest BCUT2D eigenvalue weighted by Crippen LogP contribution is 2.25. The summed E-state index contributed by atoms with van der Waals surface area (Å²) in [6, 6.07) is 14.2. The lowest BCUT2D eigenvalue weighted by atomic mass is 10.00. The molecule has 0 spiro atoms. The summed E-state index contributed by atoms with van der Waals surface area (Å²) in [5.41, 5.74) is 3.53. The largest absolute Gasteiger partial charge is 0.338 e. The van der Waals surface area contributed by atoms with Gasteiger partial charge in [0, 0.05) is 37.6 Å². The Morgan fingerprint density at radius 2 is 1.86 bits per heavy atom. The summed E-state index contributed by atoms with van der Waals surface area (Å²) in [5, 5.41) is 9.39. The van der Waals surface area contributed by atoms with Gasteiger partial charge >= 0.3 is 0 Å². The maximum Gasteiger partial charge on any atom is 0.233 e. The number of aromatic nitrogens is 4. The SMILES string of the molecule is CCn1c(SCC(=O)N2CC=C(c3ccccc3)CC2)nnc1-c1ccncc1. The molecule has 29 heavy (non-hydrogen) atoms. The molecule has 0 N–H and O–H groups in total. The molecular weight excluding hydrogens is 382 g/mol. The first-order chi connectivity index (χ1) is 14.3. The average Bonchev–Trinajstić information content (AvgIpc) is 3.21. The Kier molecular flexibility index (Phi) is 6.05. The van der Waals surface area contributed by atoms with Crippen LogP contribution < -0.4 is 0 Å². The van der Waals surface area contributed by atoms with Crippen molar-refractivity contribution in [3.63, 3.8) is 0 Å². The van der Waals surface area contributed by atoms with E-state index < -0.39 is 0 Å². The quantitative estimate of drug-likeness (QED) is 0.584. The molecule has 3 heterocycles. The number of hydrogen-bond donors (Lipinski definition) is 0. The lowest BCUT2D eigenvalue weighted by Gasteiger charge is -2.26. The van der Waals surface area contributed by atoms with E-state index in [4.69, 9.17) is 0 Å². The molecule has 7 heteroatoms. The summed E-state index contributed by atoms with van der Waals surface area (Å²) in [7, 11) is 0. The fourth-order valence-electron chi connectivity index (χ4n) is 3.42. The predicted molar refractivity (Wildman–Crippen MR) is 115 cm³/mol. The number of nitrogens with zero attached hydrogens (tertiary/aromatic N) is 5. The number of thioether (sulfide) groups is 1. The van der Waals surface area contributed by atoms with Crippen molar-refractivity contribution in [2.45, 2.75) is 25.0 Å². The summed E-state index contributed by atoms with van der Waals surface area (Å²) < 4.78 is 2.04. The van der Waals surface area contributed by atoms with E-state index in [-0.39, 0.29) is 5.91 Å². The third-order valence-electron chi connectivity index (χ3n) is 5.00. The van der Waals surface area contributed by atoms with E-state index in [0.717, 1.165) is 36.1 Å². The molecule has 1 aliphatic rings.